The molecule has 124 valence electrons. The van der Waals surface area contributed by atoms with Crippen LogP contribution < -0.4 is 5.32 Å². The van der Waals surface area contributed by atoms with Crippen molar-refractivity contribution in [2.45, 2.75) is 33.1 Å². The summed E-state index contributed by atoms with van der Waals surface area (Å²) in [6.45, 7) is 4.70. The molecule has 0 saturated heterocycles. The highest BCUT2D eigenvalue weighted by Crippen LogP contribution is 2.26. The van der Waals surface area contributed by atoms with Crippen molar-refractivity contribution in [3.05, 3.63) is 35.0 Å². The standard InChI is InChI=1S/C17H23N3O2S/c1-3-6-13(8-10-21)11-19-16(22)15-12(2)20-17(23-15)14-7-4-5-9-18-14/h4-5,7,9,13,21H,3,6,8,10-11H2,1-2H3,(H,19,22). The van der Waals surface area contributed by atoms with Crippen LogP contribution in [0.2, 0.25) is 0 Å². The lowest BCUT2D eigenvalue weighted by Gasteiger charge is -2.15. The van der Waals surface area contributed by atoms with Crippen molar-refractivity contribution in [3.63, 3.8) is 0 Å². The van der Waals surface area contributed by atoms with E-state index in [1.165, 1.54) is 11.3 Å². The van der Waals surface area contributed by atoms with Gasteiger partial charge in [0.25, 0.3) is 5.91 Å². The van der Waals surface area contributed by atoms with Crippen molar-refractivity contribution in [1.82, 2.24) is 15.3 Å². The summed E-state index contributed by atoms with van der Waals surface area (Å²) in [5, 5.41) is 12.8. The molecule has 0 fully saturated rings. The third-order valence-electron chi connectivity index (χ3n) is 3.67. The van der Waals surface area contributed by atoms with Crippen LogP contribution in [0.4, 0.5) is 0 Å². The minimum absolute atomic E-state index is 0.0961. The molecule has 0 saturated carbocycles. The van der Waals surface area contributed by atoms with Crippen LogP contribution in [0.5, 0.6) is 0 Å². The predicted molar refractivity (Wildman–Crippen MR) is 92.5 cm³/mol. The Kier molecular flexibility index (Phi) is 6.67. The molecule has 1 unspecified atom stereocenters. The van der Waals surface area contributed by atoms with Gasteiger partial charge in [-0.1, -0.05) is 19.4 Å². The predicted octanol–water partition coefficient (Wildman–Crippen LogP) is 3.04. The van der Waals surface area contributed by atoms with Gasteiger partial charge in [-0.05, 0) is 37.8 Å². The van der Waals surface area contributed by atoms with Gasteiger partial charge in [-0.25, -0.2) is 4.98 Å². The van der Waals surface area contributed by atoms with Gasteiger partial charge < -0.3 is 10.4 Å². The first kappa shape index (κ1) is 17.6. The van der Waals surface area contributed by atoms with E-state index in [2.05, 4.69) is 22.2 Å². The number of rotatable bonds is 8. The lowest BCUT2D eigenvalue weighted by atomic mass is 10.0. The third kappa shape index (κ3) is 4.84. The molecule has 0 aliphatic rings. The Labute approximate surface area is 140 Å². The largest absolute Gasteiger partial charge is 0.396 e. The van der Waals surface area contributed by atoms with Crippen molar-refractivity contribution in [1.29, 1.82) is 0 Å². The second-order valence-electron chi connectivity index (χ2n) is 5.53. The molecule has 2 aromatic rings. The minimum Gasteiger partial charge on any atom is -0.396 e. The van der Waals surface area contributed by atoms with E-state index in [0.717, 1.165) is 35.7 Å². The van der Waals surface area contributed by atoms with Crippen LogP contribution in [0.1, 0.15) is 41.6 Å². The number of carbonyl (C=O) groups is 1. The highest BCUT2D eigenvalue weighted by Gasteiger charge is 2.17. The van der Waals surface area contributed by atoms with E-state index < -0.39 is 0 Å². The van der Waals surface area contributed by atoms with Crippen LogP contribution in [0.15, 0.2) is 24.4 Å². The molecule has 2 rings (SSSR count). The summed E-state index contributed by atoms with van der Waals surface area (Å²) in [7, 11) is 0. The molecule has 0 spiro atoms. The number of aromatic nitrogens is 2. The lowest BCUT2D eigenvalue weighted by molar-refractivity contribution is 0.0946. The van der Waals surface area contributed by atoms with Gasteiger partial charge in [0, 0.05) is 19.3 Å². The number of amides is 1. The average Bonchev–Trinajstić information content (AvgIpc) is 2.95. The van der Waals surface area contributed by atoms with Crippen molar-refractivity contribution in [3.8, 4) is 10.7 Å². The molecule has 6 heteroatoms. The Morgan fingerprint density at radius 2 is 2.22 bits per heavy atom. The highest BCUT2D eigenvalue weighted by atomic mass is 32.1. The number of nitrogens with zero attached hydrogens (tertiary/aromatic N) is 2. The molecule has 2 aromatic heterocycles. The van der Waals surface area contributed by atoms with Crippen LogP contribution in [-0.4, -0.2) is 34.1 Å². The van der Waals surface area contributed by atoms with Crippen molar-refractivity contribution >= 4 is 17.2 Å². The molecular weight excluding hydrogens is 310 g/mol. The first-order valence-electron chi connectivity index (χ1n) is 7.93. The quantitative estimate of drug-likeness (QED) is 0.778. The van der Waals surface area contributed by atoms with Gasteiger partial charge in [0.05, 0.1) is 11.4 Å². The molecule has 0 aliphatic heterocycles. The first-order valence-corrected chi connectivity index (χ1v) is 8.75. The fourth-order valence-electron chi connectivity index (χ4n) is 2.46. The fourth-order valence-corrected chi connectivity index (χ4v) is 3.42. The zero-order valence-electron chi connectivity index (χ0n) is 13.6. The molecule has 2 N–H and O–H groups in total. The molecule has 0 bridgehead atoms. The van der Waals surface area contributed by atoms with E-state index in [9.17, 15) is 4.79 Å². The van der Waals surface area contributed by atoms with Gasteiger partial charge in [-0.3, -0.25) is 9.78 Å². The first-order chi connectivity index (χ1) is 11.2. The Balaban J connectivity index is 2.04. The van der Waals surface area contributed by atoms with Crippen LogP contribution in [0.25, 0.3) is 10.7 Å². The maximum absolute atomic E-state index is 12.4. The summed E-state index contributed by atoms with van der Waals surface area (Å²) in [5.41, 5.74) is 1.51. The van der Waals surface area contributed by atoms with E-state index in [1.807, 2.05) is 25.1 Å². The van der Waals surface area contributed by atoms with Crippen LogP contribution in [-0.2, 0) is 0 Å². The number of hydrogen-bond acceptors (Lipinski definition) is 5. The molecule has 23 heavy (non-hydrogen) atoms. The van der Waals surface area contributed by atoms with E-state index >= 15 is 0 Å². The van der Waals surface area contributed by atoms with E-state index in [4.69, 9.17) is 5.11 Å². The van der Waals surface area contributed by atoms with E-state index in [0.29, 0.717) is 17.3 Å². The molecule has 0 aliphatic carbocycles. The molecule has 2 heterocycles. The summed E-state index contributed by atoms with van der Waals surface area (Å²) in [6.07, 6.45) is 4.48. The number of aliphatic hydroxyl groups excluding tert-OH is 1. The normalized spacial score (nSPS) is 12.1. The second-order valence-corrected chi connectivity index (χ2v) is 6.52. The Bertz CT molecular complexity index is 622. The van der Waals surface area contributed by atoms with Gasteiger partial charge in [-0.2, -0.15) is 0 Å². The van der Waals surface area contributed by atoms with Crippen molar-refractivity contribution < 1.29 is 9.90 Å². The number of hydrogen-bond donors (Lipinski definition) is 2. The Morgan fingerprint density at radius 1 is 1.39 bits per heavy atom. The average molecular weight is 333 g/mol. The van der Waals surface area contributed by atoms with Crippen molar-refractivity contribution in [2.75, 3.05) is 13.2 Å². The maximum Gasteiger partial charge on any atom is 0.263 e. The zero-order valence-corrected chi connectivity index (χ0v) is 14.4. The summed E-state index contributed by atoms with van der Waals surface area (Å²) in [4.78, 5) is 21.8. The number of aryl methyl sites for hydroxylation is 1. The second kappa shape index (κ2) is 8.74. The smallest absolute Gasteiger partial charge is 0.263 e. The zero-order chi connectivity index (χ0) is 16.7. The molecular formula is C17H23N3O2S. The van der Waals surface area contributed by atoms with Gasteiger partial charge in [0.15, 0.2) is 0 Å². The molecule has 1 amide bonds. The summed E-state index contributed by atoms with van der Waals surface area (Å²) >= 11 is 1.36. The molecule has 5 nitrogen and oxygen atoms in total. The maximum atomic E-state index is 12.4. The summed E-state index contributed by atoms with van der Waals surface area (Å²) < 4.78 is 0. The Hall–Kier alpha value is -1.79. The van der Waals surface area contributed by atoms with Crippen LogP contribution >= 0.6 is 11.3 Å². The van der Waals surface area contributed by atoms with Crippen LogP contribution in [0.3, 0.4) is 0 Å². The summed E-state index contributed by atoms with van der Waals surface area (Å²) in [6, 6.07) is 5.65. The summed E-state index contributed by atoms with van der Waals surface area (Å²) in [5.74, 6) is 0.221. The fraction of sp³-hybridized carbons (Fsp3) is 0.471. The van der Waals surface area contributed by atoms with Gasteiger partial charge in [0.2, 0.25) is 0 Å². The van der Waals surface area contributed by atoms with Crippen LogP contribution in [0, 0.1) is 12.8 Å². The Morgan fingerprint density at radius 3 is 2.87 bits per heavy atom. The number of carbonyl (C=O) groups excluding carboxylic acids is 1. The van der Waals surface area contributed by atoms with Gasteiger partial charge in [-0.15, -0.1) is 11.3 Å². The number of pyridine rings is 1. The molecule has 0 aromatic carbocycles. The minimum atomic E-state index is -0.0961. The van der Waals surface area contributed by atoms with E-state index in [-0.39, 0.29) is 12.5 Å². The van der Waals surface area contributed by atoms with E-state index in [1.54, 1.807) is 6.20 Å². The van der Waals surface area contributed by atoms with Gasteiger partial charge in [0.1, 0.15) is 9.88 Å². The highest BCUT2D eigenvalue weighted by molar-refractivity contribution is 7.17. The SMILES string of the molecule is CCCC(CCO)CNC(=O)c1sc(-c2ccccn2)nc1C. The number of nitrogens with one attached hydrogen (secondary N) is 1. The molecule has 1 atom stereocenters. The monoisotopic (exact) mass is 333 g/mol. The lowest BCUT2D eigenvalue weighted by Crippen LogP contribution is -2.29. The number of thiazole rings is 1. The topological polar surface area (TPSA) is 75.1 Å². The van der Waals surface area contributed by atoms with Crippen molar-refractivity contribution in [2.24, 2.45) is 5.92 Å². The third-order valence-corrected chi connectivity index (χ3v) is 4.85. The van der Waals surface area contributed by atoms with Gasteiger partial charge >= 0.3 is 0 Å². The number of aliphatic hydroxyl groups is 1. The molecule has 0 radical (unpaired) electrons.